The molecule has 4 aromatic rings. The Labute approximate surface area is 226 Å². The molecule has 4 heterocycles. The van der Waals surface area contributed by atoms with E-state index in [-0.39, 0.29) is 24.0 Å². The van der Waals surface area contributed by atoms with E-state index < -0.39 is 5.91 Å². The van der Waals surface area contributed by atoms with Crippen LogP contribution in [0, 0.1) is 0 Å². The van der Waals surface area contributed by atoms with E-state index in [2.05, 4.69) is 41.9 Å². The molecular formula is C27H33N9O3. The van der Waals surface area contributed by atoms with Gasteiger partial charge in [0.05, 0.1) is 30.2 Å². The van der Waals surface area contributed by atoms with Crippen LogP contribution in [-0.2, 0) is 19.0 Å². The molecule has 39 heavy (non-hydrogen) atoms. The van der Waals surface area contributed by atoms with Gasteiger partial charge in [-0.1, -0.05) is 32.9 Å². The molecule has 3 aromatic heterocycles. The lowest BCUT2D eigenvalue weighted by molar-refractivity contribution is 0.0893. The van der Waals surface area contributed by atoms with Gasteiger partial charge >= 0.3 is 11.8 Å². The molecule has 0 fully saturated rings. The Balaban J connectivity index is 1.41. The van der Waals surface area contributed by atoms with Crippen molar-refractivity contribution in [3.8, 4) is 11.3 Å². The van der Waals surface area contributed by atoms with Crippen molar-refractivity contribution in [2.75, 3.05) is 25.0 Å². The number of nitrogens with one attached hydrogen (secondary N) is 2. The van der Waals surface area contributed by atoms with Crippen LogP contribution in [0.5, 0.6) is 0 Å². The third kappa shape index (κ3) is 6.13. The number of benzene rings is 1. The van der Waals surface area contributed by atoms with Crippen molar-refractivity contribution in [3.63, 3.8) is 0 Å². The third-order valence-electron chi connectivity index (χ3n) is 6.54. The number of anilines is 2. The normalized spacial score (nSPS) is 16.0. The Morgan fingerprint density at radius 1 is 1.23 bits per heavy atom. The summed E-state index contributed by atoms with van der Waals surface area (Å²) in [5, 5.41) is 28.0. The molecule has 0 spiro atoms. The number of hydrogen-bond acceptors (Lipinski definition) is 10. The zero-order chi connectivity index (χ0) is 27.6. The van der Waals surface area contributed by atoms with E-state index in [1.165, 1.54) is 0 Å². The molecule has 0 radical (unpaired) electrons. The van der Waals surface area contributed by atoms with Crippen molar-refractivity contribution >= 4 is 17.5 Å². The zero-order valence-corrected chi connectivity index (χ0v) is 22.5. The topological polar surface area (TPSA) is 147 Å². The van der Waals surface area contributed by atoms with Gasteiger partial charge < -0.3 is 20.2 Å². The van der Waals surface area contributed by atoms with Crippen molar-refractivity contribution in [3.05, 3.63) is 65.8 Å². The minimum Gasteiger partial charge on any atom is -0.416 e. The number of β-amino-alcohol motifs (C(OH)–C–C–N with tert-alkyl or cyclic N) is 1. The van der Waals surface area contributed by atoms with Crippen molar-refractivity contribution in [2.45, 2.75) is 45.2 Å². The second-order valence-electron chi connectivity index (χ2n) is 10.7. The Hall–Kier alpha value is -4.16. The number of rotatable bonds is 7. The predicted octanol–water partition coefficient (Wildman–Crippen LogP) is 2.97. The number of carbonyl (C=O) groups is 1. The number of amides is 1. The summed E-state index contributed by atoms with van der Waals surface area (Å²) >= 11 is 0. The number of aromatic nitrogens is 6. The first-order chi connectivity index (χ1) is 18.7. The highest BCUT2D eigenvalue weighted by molar-refractivity contribution is 5.89. The maximum Gasteiger partial charge on any atom is 0.309 e. The second kappa shape index (κ2) is 10.9. The smallest absolute Gasteiger partial charge is 0.309 e. The number of carbonyl (C=O) groups excluding carboxylic acids is 1. The summed E-state index contributed by atoms with van der Waals surface area (Å²) in [5.41, 5.74) is 4.18. The zero-order valence-electron chi connectivity index (χ0n) is 22.5. The van der Waals surface area contributed by atoms with E-state index in [9.17, 15) is 9.90 Å². The quantitative estimate of drug-likeness (QED) is 0.325. The summed E-state index contributed by atoms with van der Waals surface area (Å²) in [5.74, 6) is 0.423. The van der Waals surface area contributed by atoms with Gasteiger partial charge in [0.15, 0.2) is 0 Å². The van der Waals surface area contributed by atoms with Gasteiger partial charge in [-0.25, -0.2) is 9.97 Å². The van der Waals surface area contributed by atoms with Crippen LogP contribution in [0.2, 0.25) is 0 Å². The number of fused-ring (bicyclic) bond motifs is 1. The standard InChI is InChI=1S/C27H33N9O3/c1-27(2,3)25-34-33-24(39-25)23(38)31-22-8-10-36(11-12-37)15-18-13-17(5-6-20(18)22)21-7-9-28-26(32-21)30-19-14-29-35(4)16-19/h5-7,9,13-14,16,22,37H,8,10-12,15H2,1-4H3,(H,31,38)(H,28,30,32)/t22-/m0/s1. The average molecular weight is 532 g/mol. The second-order valence-corrected chi connectivity index (χ2v) is 10.7. The van der Waals surface area contributed by atoms with Gasteiger partial charge in [0.1, 0.15) is 0 Å². The Morgan fingerprint density at radius 3 is 2.79 bits per heavy atom. The Kier molecular flexibility index (Phi) is 7.40. The lowest BCUT2D eigenvalue weighted by Crippen LogP contribution is -2.31. The first-order valence-corrected chi connectivity index (χ1v) is 12.9. The minimum absolute atomic E-state index is 0.0517. The molecule has 1 aliphatic heterocycles. The van der Waals surface area contributed by atoms with Gasteiger partial charge in [0.25, 0.3) is 0 Å². The molecule has 1 atom stereocenters. The van der Waals surface area contributed by atoms with Gasteiger partial charge in [0.2, 0.25) is 11.8 Å². The molecule has 3 N–H and O–H groups in total. The number of aliphatic hydroxyl groups excluding tert-OH is 1. The molecule has 1 amide bonds. The highest BCUT2D eigenvalue weighted by Gasteiger charge is 2.28. The molecule has 0 aliphatic carbocycles. The summed E-state index contributed by atoms with van der Waals surface area (Å²) in [6, 6.07) is 7.72. The van der Waals surface area contributed by atoms with Crippen molar-refractivity contribution in [1.29, 1.82) is 0 Å². The number of nitrogens with zero attached hydrogens (tertiary/aromatic N) is 7. The first-order valence-electron chi connectivity index (χ1n) is 12.9. The monoisotopic (exact) mass is 531 g/mol. The maximum absolute atomic E-state index is 13.1. The van der Waals surface area contributed by atoms with E-state index in [1.807, 2.05) is 52.2 Å². The highest BCUT2D eigenvalue weighted by atomic mass is 16.4. The lowest BCUT2D eigenvalue weighted by Gasteiger charge is -2.19. The molecule has 0 saturated carbocycles. The first kappa shape index (κ1) is 26.4. The van der Waals surface area contributed by atoms with Gasteiger partial charge in [0, 0.05) is 50.1 Å². The molecule has 0 unspecified atom stereocenters. The van der Waals surface area contributed by atoms with Gasteiger partial charge in [-0.15, -0.1) is 10.2 Å². The maximum atomic E-state index is 13.1. The van der Waals surface area contributed by atoms with Crippen molar-refractivity contribution in [1.82, 2.24) is 40.2 Å². The summed E-state index contributed by atoms with van der Waals surface area (Å²) in [4.78, 5) is 24.3. The third-order valence-corrected chi connectivity index (χ3v) is 6.54. The van der Waals surface area contributed by atoms with E-state index >= 15 is 0 Å². The number of aliphatic hydroxyl groups is 1. The van der Waals surface area contributed by atoms with Crippen LogP contribution in [0.4, 0.5) is 11.6 Å². The van der Waals surface area contributed by atoms with E-state index in [0.717, 1.165) is 28.1 Å². The Bertz CT molecular complexity index is 1460. The number of hydrogen-bond donors (Lipinski definition) is 3. The molecular weight excluding hydrogens is 498 g/mol. The summed E-state index contributed by atoms with van der Waals surface area (Å²) in [6.45, 7) is 7.79. The largest absolute Gasteiger partial charge is 0.416 e. The summed E-state index contributed by atoms with van der Waals surface area (Å²) < 4.78 is 7.36. The van der Waals surface area contributed by atoms with E-state index in [1.54, 1.807) is 17.1 Å². The Morgan fingerprint density at radius 2 is 2.08 bits per heavy atom. The minimum atomic E-state index is -0.407. The predicted molar refractivity (Wildman–Crippen MR) is 144 cm³/mol. The molecule has 0 saturated heterocycles. The van der Waals surface area contributed by atoms with Crippen LogP contribution in [0.15, 0.2) is 47.3 Å². The molecule has 5 rings (SSSR count). The fourth-order valence-electron chi connectivity index (χ4n) is 4.54. The summed E-state index contributed by atoms with van der Waals surface area (Å²) in [6.07, 6.45) is 5.94. The lowest BCUT2D eigenvalue weighted by atomic mass is 9.96. The molecule has 1 aliphatic rings. The van der Waals surface area contributed by atoms with Gasteiger partial charge in [-0.3, -0.25) is 14.4 Å². The van der Waals surface area contributed by atoms with Crippen molar-refractivity contribution < 1.29 is 14.3 Å². The SMILES string of the molecule is Cn1cc(Nc2nccc(-c3ccc4c(c3)CN(CCO)CC[C@@H]4NC(=O)c3nnc(C(C)(C)C)o3)n2)cn1. The fraction of sp³-hybridized carbons (Fsp3) is 0.407. The van der Waals surface area contributed by atoms with Crippen LogP contribution in [-0.4, -0.2) is 65.6 Å². The molecule has 1 aromatic carbocycles. The van der Waals surface area contributed by atoms with Gasteiger partial charge in [-0.05, 0) is 29.7 Å². The number of aryl methyl sites for hydroxylation is 1. The van der Waals surface area contributed by atoms with Crippen LogP contribution in [0.25, 0.3) is 11.3 Å². The van der Waals surface area contributed by atoms with Crippen LogP contribution in [0.1, 0.15) is 60.9 Å². The van der Waals surface area contributed by atoms with Crippen LogP contribution in [0.3, 0.4) is 0 Å². The molecule has 204 valence electrons. The summed E-state index contributed by atoms with van der Waals surface area (Å²) in [7, 11) is 1.85. The highest BCUT2D eigenvalue weighted by Crippen LogP contribution is 2.31. The van der Waals surface area contributed by atoms with E-state index in [0.29, 0.717) is 37.9 Å². The van der Waals surface area contributed by atoms with E-state index in [4.69, 9.17) is 9.40 Å². The van der Waals surface area contributed by atoms with Crippen LogP contribution < -0.4 is 10.6 Å². The fourth-order valence-corrected chi connectivity index (χ4v) is 4.54. The average Bonchev–Trinajstić information content (AvgIpc) is 3.52. The molecule has 12 heteroatoms. The van der Waals surface area contributed by atoms with Crippen LogP contribution >= 0.6 is 0 Å². The van der Waals surface area contributed by atoms with Gasteiger partial charge in [-0.2, -0.15) is 5.10 Å². The molecule has 0 bridgehead atoms. The van der Waals surface area contributed by atoms with Crippen molar-refractivity contribution in [2.24, 2.45) is 7.05 Å². The molecule has 12 nitrogen and oxygen atoms in total.